The number of hydrogen-bond acceptors (Lipinski definition) is 2. The molecular formula is C13H21NO. The van der Waals surface area contributed by atoms with Crippen LogP contribution < -0.4 is 10.1 Å². The predicted octanol–water partition coefficient (Wildman–Crippen LogP) is 2.41. The molecule has 0 aliphatic carbocycles. The van der Waals surface area contributed by atoms with Gasteiger partial charge in [-0.1, -0.05) is 13.0 Å². The lowest BCUT2D eigenvalue weighted by Crippen LogP contribution is -2.11. The molecule has 0 saturated carbocycles. The molecule has 0 radical (unpaired) electrons. The van der Waals surface area contributed by atoms with Gasteiger partial charge in [0, 0.05) is 0 Å². The Bertz CT molecular complexity index is 297. The van der Waals surface area contributed by atoms with Crippen molar-refractivity contribution >= 4 is 0 Å². The Hall–Kier alpha value is -1.02. The first-order chi connectivity index (χ1) is 7.31. The van der Waals surface area contributed by atoms with E-state index in [-0.39, 0.29) is 0 Å². The van der Waals surface area contributed by atoms with Crippen molar-refractivity contribution in [3.63, 3.8) is 0 Å². The van der Waals surface area contributed by atoms with E-state index in [1.807, 2.05) is 14.0 Å². The molecule has 0 spiro atoms. The van der Waals surface area contributed by atoms with Gasteiger partial charge in [0.25, 0.3) is 0 Å². The van der Waals surface area contributed by atoms with Gasteiger partial charge in [-0.3, -0.25) is 0 Å². The fraction of sp³-hybridized carbons (Fsp3) is 0.538. The fourth-order valence-electron chi connectivity index (χ4n) is 1.69. The second-order valence-electron chi connectivity index (χ2n) is 3.57. The van der Waals surface area contributed by atoms with Crippen LogP contribution in [0.25, 0.3) is 0 Å². The van der Waals surface area contributed by atoms with E-state index in [9.17, 15) is 0 Å². The van der Waals surface area contributed by atoms with Crippen LogP contribution in [0.3, 0.4) is 0 Å². The molecule has 0 amide bonds. The number of aryl methyl sites for hydroxylation is 1. The third-order valence-corrected chi connectivity index (χ3v) is 2.51. The average Bonchev–Trinajstić information content (AvgIpc) is 2.27. The maximum absolute atomic E-state index is 5.49. The Balaban J connectivity index is 2.78. The number of likely N-dealkylation sites (N-methyl/N-ethyl adjacent to an activating group) is 1. The summed E-state index contributed by atoms with van der Waals surface area (Å²) in [5.41, 5.74) is 2.83. The highest BCUT2D eigenvalue weighted by molar-refractivity contribution is 5.36. The highest BCUT2D eigenvalue weighted by atomic mass is 16.5. The van der Waals surface area contributed by atoms with Crippen LogP contribution in [0.2, 0.25) is 0 Å². The Morgan fingerprint density at radius 2 is 2.00 bits per heavy atom. The van der Waals surface area contributed by atoms with Crippen LogP contribution in [0, 0.1) is 0 Å². The van der Waals surface area contributed by atoms with Gasteiger partial charge in [-0.05, 0) is 56.6 Å². The van der Waals surface area contributed by atoms with Gasteiger partial charge in [-0.2, -0.15) is 0 Å². The fourth-order valence-corrected chi connectivity index (χ4v) is 1.69. The standard InChI is InChI=1S/C13H21NO/c1-4-11-10-13(15-5-2)7-6-12(11)8-9-14-3/h6-7,10,14H,4-5,8-9H2,1-3H3. The lowest BCUT2D eigenvalue weighted by atomic mass is 10.0. The zero-order valence-electron chi connectivity index (χ0n) is 9.97. The van der Waals surface area contributed by atoms with Crippen molar-refractivity contribution < 1.29 is 4.74 Å². The van der Waals surface area contributed by atoms with E-state index < -0.39 is 0 Å². The normalized spacial score (nSPS) is 10.3. The summed E-state index contributed by atoms with van der Waals surface area (Å²) in [4.78, 5) is 0. The van der Waals surface area contributed by atoms with E-state index in [2.05, 4.69) is 30.4 Å². The van der Waals surface area contributed by atoms with Crippen molar-refractivity contribution in [2.45, 2.75) is 26.7 Å². The number of nitrogens with one attached hydrogen (secondary N) is 1. The molecule has 1 aromatic carbocycles. The molecule has 0 saturated heterocycles. The summed E-state index contributed by atoms with van der Waals surface area (Å²) in [5, 5.41) is 3.18. The second kappa shape index (κ2) is 6.46. The van der Waals surface area contributed by atoms with Crippen molar-refractivity contribution in [2.24, 2.45) is 0 Å². The molecule has 0 unspecified atom stereocenters. The highest BCUT2D eigenvalue weighted by Crippen LogP contribution is 2.18. The monoisotopic (exact) mass is 207 g/mol. The molecule has 0 fully saturated rings. The molecule has 15 heavy (non-hydrogen) atoms. The van der Waals surface area contributed by atoms with Crippen LogP contribution in [0.1, 0.15) is 25.0 Å². The van der Waals surface area contributed by atoms with Gasteiger partial charge in [0.2, 0.25) is 0 Å². The van der Waals surface area contributed by atoms with E-state index in [0.29, 0.717) is 0 Å². The van der Waals surface area contributed by atoms with Gasteiger partial charge in [-0.25, -0.2) is 0 Å². The van der Waals surface area contributed by atoms with Crippen molar-refractivity contribution in [2.75, 3.05) is 20.2 Å². The molecule has 0 atom stereocenters. The summed E-state index contributed by atoms with van der Waals surface area (Å²) in [6.45, 7) is 5.97. The first kappa shape index (κ1) is 12.1. The lowest BCUT2D eigenvalue weighted by Gasteiger charge is -2.10. The topological polar surface area (TPSA) is 21.3 Å². The molecule has 0 aliphatic rings. The lowest BCUT2D eigenvalue weighted by molar-refractivity contribution is 0.340. The molecule has 0 heterocycles. The molecular weight excluding hydrogens is 186 g/mol. The van der Waals surface area contributed by atoms with Crippen LogP contribution in [0.4, 0.5) is 0 Å². The molecule has 1 rings (SSSR count). The zero-order valence-corrected chi connectivity index (χ0v) is 9.97. The van der Waals surface area contributed by atoms with E-state index in [1.165, 1.54) is 11.1 Å². The molecule has 2 heteroatoms. The number of benzene rings is 1. The van der Waals surface area contributed by atoms with Crippen molar-refractivity contribution in [3.05, 3.63) is 29.3 Å². The third-order valence-electron chi connectivity index (χ3n) is 2.51. The summed E-state index contributed by atoms with van der Waals surface area (Å²) in [7, 11) is 1.99. The number of ether oxygens (including phenoxy) is 1. The quantitative estimate of drug-likeness (QED) is 0.773. The second-order valence-corrected chi connectivity index (χ2v) is 3.57. The van der Waals surface area contributed by atoms with Crippen LogP contribution >= 0.6 is 0 Å². The molecule has 0 aliphatic heterocycles. The first-order valence-corrected chi connectivity index (χ1v) is 5.71. The average molecular weight is 207 g/mol. The predicted molar refractivity (Wildman–Crippen MR) is 64.6 cm³/mol. The molecule has 84 valence electrons. The van der Waals surface area contributed by atoms with Crippen LogP contribution in [-0.2, 0) is 12.8 Å². The van der Waals surface area contributed by atoms with E-state index in [4.69, 9.17) is 4.74 Å². The van der Waals surface area contributed by atoms with Crippen molar-refractivity contribution in [1.29, 1.82) is 0 Å². The summed E-state index contributed by atoms with van der Waals surface area (Å²) < 4.78 is 5.49. The minimum absolute atomic E-state index is 0.735. The van der Waals surface area contributed by atoms with E-state index >= 15 is 0 Å². The third kappa shape index (κ3) is 3.56. The Morgan fingerprint density at radius 1 is 1.20 bits per heavy atom. The number of hydrogen-bond donors (Lipinski definition) is 1. The van der Waals surface area contributed by atoms with Gasteiger partial charge in [0.1, 0.15) is 5.75 Å². The van der Waals surface area contributed by atoms with Crippen LogP contribution in [-0.4, -0.2) is 20.2 Å². The van der Waals surface area contributed by atoms with Crippen LogP contribution in [0.15, 0.2) is 18.2 Å². The molecule has 1 N–H and O–H groups in total. The van der Waals surface area contributed by atoms with E-state index in [0.717, 1.165) is 31.7 Å². The number of rotatable bonds is 6. The Kier molecular flexibility index (Phi) is 5.19. The van der Waals surface area contributed by atoms with Gasteiger partial charge in [0.05, 0.1) is 6.61 Å². The highest BCUT2D eigenvalue weighted by Gasteiger charge is 2.02. The maximum atomic E-state index is 5.49. The minimum Gasteiger partial charge on any atom is -0.494 e. The van der Waals surface area contributed by atoms with E-state index in [1.54, 1.807) is 0 Å². The van der Waals surface area contributed by atoms with Gasteiger partial charge in [-0.15, -0.1) is 0 Å². The smallest absolute Gasteiger partial charge is 0.119 e. The summed E-state index contributed by atoms with van der Waals surface area (Å²) in [6, 6.07) is 6.41. The Morgan fingerprint density at radius 3 is 2.60 bits per heavy atom. The zero-order chi connectivity index (χ0) is 11.1. The summed E-state index contributed by atoms with van der Waals surface area (Å²) in [5.74, 6) is 0.988. The summed E-state index contributed by atoms with van der Waals surface area (Å²) in [6.07, 6.45) is 2.16. The van der Waals surface area contributed by atoms with Crippen LogP contribution in [0.5, 0.6) is 5.75 Å². The summed E-state index contributed by atoms with van der Waals surface area (Å²) >= 11 is 0. The Labute approximate surface area is 92.6 Å². The molecule has 0 bridgehead atoms. The molecule has 1 aromatic rings. The van der Waals surface area contributed by atoms with Crippen molar-refractivity contribution in [1.82, 2.24) is 5.32 Å². The minimum atomic E-state index is 0.735. The molecule has 0 aromatic heterocycles. The van der Waals surface area contributed by atoms with Gasteiger partial charge >= 0.3 is 0 Å². The SMILES string of the molecule is CCOc1ccc(CCNC)c(CC)c1. The molecule has 2 nitrogen and oxygen atoms in total. The van der Waals surface area contributed by atoms with Gasteiger partial charge in [0.15, 0.2) is 0 Å². The van der Waals surface area contributed by atoms with Gasteiger partial charge < -0.3 is 10.1 Å². The maximum Gasteiger partial charge on any atom is 0.119 e. The van der Waals surface area contributed by atoms with Crippen molar-refractivity contribution in [3.8, 4) is 5.75 Å². The first-order valence-electron chi connectivity index (χ1n) is 5.71. The largest absolute Gasteiger partial charge is 0.494 e.